The maximum absolute atomic E-state index is 4.46. The molecule has 0 unspecified atom stereocenters. The summed E-state index contributed by atoms with van der Waals surface area (Å²) in [4.78, 5) is 4.46. The van der Waals surface area contributed by atoms with Crippen LogP contribution in [0.3, 0.4) is 0 Å². The van der Waals surface area contributed by atoms with E-state index >= 15 is 0 Å². The average molecular weight is 238 g/mol. The Morgan fingerprint density at radius 2 is 2.12 bits per heavy atom. The minimum atomic E-state index is 0.899. The Morgan fingerprint density at radius 3 is 2.75 bits per heavy atom. The van der Waals surface area contributed by atoms with Crippen LogP contribution in [0.4, 0.5) is 0 Å². The van der Waals surface area contributed by atoms with E-state index in [0.717, 1.165) is 18.4 Å². The van der Waals surface area contributed by atoms with Gasteiger partial charge in [-0.1, -0.05) is 19.8 Å². The summed E-state index contributed by atoms with van der Waals surface area (Å²) in [6.45, 7) is 6.55. The van der Waals surface area contributed by atoms with Crippen molar-refractivity contribution >= 4 is 11.3 Å². The second-order valence-corrected chi connectivity index (χ2v) is 6.18. The van der Waals surface area contributed by atoms with Crippen LogP contribution in [0, 0.1) is 18.8 Å². The van der Waals surface area contributed by atoms with Crippen LogP contribution in [0.5, 0.6) is 0 Å². The Hall–Kier alpha value is -0.410. The minimum Gasteiger partial charge on any atom is -0.311 e. The van der Waals surface area contributed by atoms with Crippen LogP contribution in [-0.2, 0) is 6.54 Å². The number of nitrogens with zero attached hydrogens (tertiary/aromatic N) is 1. The van der Waals surface area contributed by atoms with Crippen molar-refractivity contribution in [1.82, 2.24) is 10.3 Å². The van der Waals surface area contributed by atoms with Gasteiger partial charge in [0, 0.05) is 11.9 Å². The number of rotatable bonds is 4. The smallest absolute Gasteiger partial charge is 0.0897 e. The molecule has 1 heterocycles. The standard InChI is InChI=1S/C13H22N2S/c1-10-3-5-12(6-4-10)7-14-8-13-9-16-11(2)15-13/h9-10,12,14H,3-8H2,1-2H3. The zero-order chi connectivity index (χ0) is 11.4. The van der Waals surface area contributed by atoms with Crippen LogP contribution >= 0.6 is 11.3 Å². The zero-order valence-electron chi connectivity index (χ0n) is 10.3. The molecule has 2 rings (SSSR count). The first-order chi connectivity index (χ1) is 7.74. The number of aryl methyl sites for hydroxylation is 1. The van der Waals surface area contributed by atoms with Crippen LogP contribution in [0.25, 0.3) is 0 Å². The molecular formula is C13H22N2S. The highest BCUT2D eigenvalue weighted by atomic mass is 32.1. The van der Waals surface area contributed by atoms with Crippen molar-refractivity contribution in [2.24, 2.45) is 11.8 Å². The molecule has 90 valence electrons. The molecule has 1 fully saturated rings. The SMILES string of the molecule is Cc1nc(CNCC2CCC(C)CC2)cs1. The third kappa shape index (κ3) is 3.56. The highest BCUT2D eigenvalue weighted by Gasteiger charge is 2.17. The second-order valence-electron chi connectivity index (χ2n) is 5.11. The van der Waals surface area contributed by atoms with Gasteiger partial charge in [0.25, 0.3) is 0 Å². The van der Waals surface area contributed by atoms with Gasteiger partial charge in [0.2, 0.25) is 0 Å². The first-order valence-corrected chi connectivity index (χ1v) is 7.23. The predicted molar refractivity (Wildman–Crippen MR) is 69.7 cm³/mol. The van der Waals surface area contributed by atoms with Crippen LogP contribution in [0.2, 0.25) is 0 Å². The van der Waals surface area contributed by atoms with E-state index in [0.29, 0.717) is 0 Å². The molecule has 16 heavy (non-hydrogen) atoms. The number of thiazole rings is 1. The lowest BCUT2D eigenvalue weighted by molar-refractivity contribution is 0.281. The first kappa shape index (κ1) is 12.1. The highest BCUT2D eigenvalue weighted by Crippen LogP contribution is 2.27. The fourth-order valence-corrected chi connectivity index (χ4v) is 3.04. The van der Waals surface area contributed by atoms with Crippen molar-refractivity contribution < 1.29 is 0 Å². The van der Waals surface area contributed by atoms with Gasteiger partial charge in [-0.25, -0.2) is 4.98 Å². The Labute approximate surface area is 102 Å². The summed E-state index contributed by atoms with van der Waals surface area (Å²) in [7, 11) is 0. The van der Waals surface area contributed by atoms with E-state index in [9.17, 15) is 0 Å². The van der Waals surface area contributed by atoms with Crippen LogP contribution in [0.1, 0.15) is 43.3 Å². The maximum atomic E-state index is 4.46. The molecule has 0 bridgehead atoms. The van der Waals surface area contributed by atoms with E-state index < -0.39 is 0 Å². The molecular weight excluding hydrogens is 216 g/mol. The molecule has 0 saturated heterocycles. The quantitative estimate of drug-likeness (QED) is 0.870. The maximum Gasteiger partial charge on any atom is 0.0897 e. The predicted octanol–water partition coefficient (Wildman–Crippen LogP) is 3.37. The number of hydrogen-bond acceptors (Lipinski definition) is 3. The molecule has 1 N–H and O–H groups in total. The monoisotopic (exact) mass is 238 g/mol. The van der Waals surface area contributed by atoms with E-state index in [2.05, 4.69) is 29.5 Å². The minimum absolute atomic E-state index is 0.899. The second kappa shape index (κ2) is 5.78. The van der Waals surface area contributed by atoms with E-state index in [1.165, 1.54) is 42.9 Å². The molecule has 0 aliphatic heterocycles. The zero-order valence-corrected chi connectivity index (χ0v) is 11.1. The summed E-state index contributed by atoms with van der Waals surface area (Å²) in [5, 5.41) is 6.87. The van der Waals surface area contributed by atoms with Gasteiger partial charge in [0.15, 0.2) is 0 Å². The summed E-state index contributed by atoms with van der Waals surface area (Å²) in [6, 6.07) is 0. The summed E-state index contributed by atoms with van der Waals surface area (Å²) < 4.78 is 0. The van der Waals surface area contributed by atoms with Crippen molar-refractivity contribution in [2.45, 2.75) is 46.1 Å². The number of aromatic nitrogens is 1. The summed E-state index contributed by atoms with van der Waals surface area (Å²) >= 11 is 1.74. The molecule has 1 aliphatic rings. The van der Waals surface area contributed by atoms with Gasteiger partial charge in [-0.3, -0.25) is 0 Å². The van der Waals surface area contributed by atoms with Gasteiger partial charge >= 0.3 is 0 Å². The molecule has 1 aromatic heterocycles. The Bertz CT molecular complexity index is 313. The lowest BCUT2D eigenvalue weighted by atomic mass is 9.83. The van der Waals surface area contributed by atoms with Crippen molar-refractivity contribution in [1.29, 1.82) is 0 Å². The van der Waals surface area contributed by atoms with Crippen LogP contribution in [0.15, 0.2) is 5.38 Å². The van der Waals surface area contributed by atoms with Crippen LogP contribution < -0.4 is 5.32 Å². The normalized spacial score (nSPS) is 25.9. The van der Waals surface area contributed by atoms with Crippen molar-refractivity contribution in [3.05, 3.63) is 16.1 Å². The molecule has 0 radical (unpaired) electrons. The van der Waals surface area contributed by atoms with Crippen molar-refractivity contribution in [3.63, 3.8) is 0 Å². The third-order valence-electron chi connectivity index (χ3n) is 3.54. The van der Waals surface area contributed by atoms with Crippen molar-refractivity contribution in [3.8, 4) is 0 Å². The average Bonchev–Trinajstić information content (AvgIpc) is 2.67. The van der Waals surface area contributed by atoms with Gasteiger partial charge in [-0.05, 0) is 38.1 Å². The van der Waals surface area contributed by atoms with E-state index in [-0.39, 0.29) is 0 Å². The van der Waals surface area contributed by atoms with Gasteiger partial charge < -0.3 is 5.32 Å². The molecule has 2 nitrogen and oxygen atoms in total. The Morgan fingerprint density at radius 1 is 1.38 bits per heavy atom. The number of nitrogens with one attached hydrogen (secondary N) is 1. The molecule has 1 aliphatic carbocycles. The topological polar surface area (TPSA) is 24.9 Å². The summed E-state index contributed by atoms with van der Waals surface area (Å²) in [5.41, 5.74) is 1.20. The van der Waals surface area contributed by atoms with Crippen LogP contribution in [-0.4, -0.2) is 11.5 Å². The van der Waals surface area contributed by atoms with Gasteiger partial charge in [-0.15, -0.1) is 11.3 Å². The largest absolute Gasteiger partial charge is 0.311 e. The first-order valence-electron chi connectivity index (χ1n) is 6.35. The van der Waals surface area contributed by atoms with Gasteiger partial charge in [0.05, 0.1) is 10.7 Å². The lowest BCUT2D eigenvalue weighted by Gasteiger charge is -2.26. The van der Waals surface area contributed by atoms with E-state index in [1.807, 2.05) is 0 Å². The van der Waals surface area contributed by atoms with Gasteiger partial charge in [-0.2, -0.15) is 0 Å². The molecule has 0 amide bonds. The molecule has 0 atom stereocenters. The summed E-state index contributed by atoms with van der Waals surface area (Å²) in [5.74, 6) is 1.85. The Kier molecular flexibility index (Phi) is 4.36. The van der Waals surface area contributed by atoms with Crippen molar-refractivity contribution in [2.75, 3.05) is 6.54 Å². The molecule has 0 aromatic carbocycles. The summed E-state index contributed by atoms with van der Waals surface area (Å²) in [6.07, 6.45) is 5.65. The molecule has 3 heteroatoms. The molecule has 1 aromatic rings. The third-order valence-corrected chi connectivity index (χ3v) is 4.36. The molecule has 0 spiro atoms. The highest BCUT2D eigenvalue weighted by molar-refractivity contribution is 7.09. The van der Waals surface area contributed by atoms with E-state index in [4.69, 9.17) is 0 Å². The number of hydrogen-bond donors (Lipinski definition) is 1. The Balaban J connectivity index is 1.64. The van der Waals surface area contributed by atoms with E-state index in [1.54, 1.807) is 11.3 Å². The van der Waals surface area contributed by atoms with Gasteiger partial charge in [0.1, 0.15) is 0 Å². The fourth-order valence-electron chi connectivity index (χ4n) is 2.43. The fraction of sp³-hybridized carbons (Fsp3) is 0.769. The lowest BCUT2D eigenvalue weighted by Crippen LogP contribution is -2.25. The molecule has 1 saturated carbocycles.